The van der Waals surface area contributed by atoms with Crippen molar-refractivity contribution >= 4 is 15.7 Å². The Balaban J connectivity index is -0.000000235. The van der Waals surface area contributed by atoms with E-state index in [1.165, 1.54) is 58.2 Å². The zero-order valence-corrected chi connectivity index (χ0v) is 29.8. The van der Waals surface area contributed by atoms with Crippen LogP contribution in [0.3, 0.4) is 0 Å². The maximum atomic E-state index is 4.50. The van der Waals surface area contributed by atoms with Crippen LogP contribution in [0.5, 0.6) is 0 Å². The third-order valence-corrected chi connectivity index (χ3v) is 5.41. The number of hydrogen-bond acceptors (Lipinski definition) is 0. The fraction of sp³-hybridized carbons (Fsp3) is 0.400. The van der Waals surface area contributed by atoms with Crippen molar-refractivity contribution in [2.45, 2.75) is 110 Å². The van der Waals surface area contributed by atoms with Gasteiger partial charge >= 0.3 is 0 Å². The summed E-state index contributed by atoms with van der Waals surface area (Å²) >= 11 is 0. The summed E-state index contributed by atoms with van der Waals surface area (Å²) in [7, 11) is 9.00. The van der Waals surface area contributed by atoms with E-state index in [0.717, 1.165) is 12.8 Å². The van der Waals surface area contributed by atoms with E-state index in [1.807, 2.05) is 83.1 Å². The van der Waals surface area contributed by atoms with Crippen molar-refractivity contribution in [1.82, 2.24) is 0 Å². The van der Waals surface area contributed by atoms with Gasteiger partial charge in [-0.2, -0.15) is 0 Å². The average Bonchev–Trinajstić information content (AvgIpc) is 3.71. The van der Waals surface area contributed by atoms with Gasteiger partial charge in [0.15, 0.2) is 0 Å². The molecule has 0 N–H and O–H groups in total. The van der Waals surface area contributed by atoms with E-state index >= 15 is 0 Å². The maximum absolute atomic E-state index is 4.50. The molecule has 0 spiro atoms. The van der Waals surface area contributed by atoms with E-state index in [9.17, 15) is 0 Å². The highest BCUT2D eigenvalue weighted by Gasteiger charge is 2.16. The van der Waals surface area contributed by atoms with Gasteiger partial charge in [-0.25, -0.2) is 0 Å². The quantitative estimate of drug-likeness (QED) is 0.161. The summed E-state index contributed by atoms with van der Waals surface area (Å²) in [6, 6.07) is 34.6. The molecule has 6 rings (SSSR count). The largest absolute Gasteiger partial charge is 0.0999 e. The molecule has 0 unspecified atom stereocenters. The normalized spacial score (nSPS) is 8.71. The molecule has 0 nitrogen and oxygen atoms in total. The maximum Gasteiger partial charge on any atom is 0.0606 e. The first kappa shape index (κ1) is 46.0. The molecular formula is C40H62B2. The lowest BCUT2D eigenvalue weighted by atomic mass is 10.1. The second-order valence-corrected chi connectivity index (χ2v) is 6.98. The highest BCUT2D eigenvalue weighted by atomic mass is 14.2. The summed E-state index contributed by atoms with van der Waals surface area (Å²) in [6.07, 6.45) is 2.21. The summed E-state index contributed by atoms with van der Waals surface area (Å²) in [5, 5.41) is 0. The van der Waals surface area contributed by atoms with E-state index in [1.54, 1.807) is 0 Å². The lowest BCUT2D eigenvalue weighted by Gasteiger charge is -1.98. The summed E-state index contributed by atoms with van der Waals surface area (Å²) in [5.74, 6) is 0. The molecule has 4 radical (unpaired) electrons. The van der Waals surface area contributed by atoms with Crippen molar-refractivity contribution in [3.05, 3.63) is 119 Å². The summed E-state index contributed by atoms with van der Waals surface area (Å²) in [5.41, 5.74) is 11.5. The molecule has 0 saturated carbocycles. The van der Waals surface area contributed by atoms with Gasteiger partial charge in [0.2, 0.25) is 0 Å². The Morgan fingerprint density at radius 3 is 0.595 bits per heavy atom. The molecule has 0 amide bonds. The molecule has 0 fully saturated rings. The smallest absolute Gasteiger partial charge is 0.0606 e. The monoisotopic (exact) mass is 565 g/mol. The van der Waals surface area contributed by atoms with Gasteiger partial charge in [0, 0.05) is 0 Å². The molecule has 0 saturated heterocycles. The molecule has 4 aromatic rings. The van der Waals surface area contributed by atoms with Gasteiger partial charge in [0.25, 0.3) is 0 Å². The van der Waals surface area contributed by atoms with Crippen LogP contribution in [-0.4, -0.2) is 15.7 Å². The molecular weight excluding hydrogens is 502 g/mol. The second kappa shape index (κ2) is 34.2. The minimum atomic E-state index is 1.10. The Bertz CT molecular complexity index is 924. The molecule has 0 aromatic heterocycles. The van der Waals surface area contributed by atoms with Crippen molar-refractivity contribution in [2.24, 2.45) is 0 Å². The van der Waals surface area contributed by atoms with Crippen LogP contribution in [0.1, 0.15) is 105 Å². The zero-order valence-electron chi connectivity index (χ0n) is 29.8. The Labute approximate surface area is 266 Å². The van der Waals surface area contributed by atoms with Crippen LogP contribution in [0.4, 0.5) is 0 Å². The first-order chi connectivity index (χ1) is 20.9. The van der Waals surface area contributed by atoms with Crippen LogP contribution < -0.4 is 0 Å². The molecule has 2 heteroatoms. The molecule has 0 aliphatic heterocycles. The van der Waals surface area contributed by atoms with Crippen LogP contribution in [0.15, 0.2) is 97.1 Å². The van der Waals surface area contributed by atoms with Gasteiger partial charge < -0.3 is 0 Å². The molecule has 0 atom stereocenters. The zero-order chi connectivity index (χ0) is 33.3. The van der Waals surface area contributed by atoms with Crippen LogP contribution in [0.25, 0.3) is 22.3 Å². The van der Waals surface area contributed by atoms with Crippen LogP contribution in [0.2, 0.25) is 13.6 Å². The third-order valence-electron chi connectivity index (χ3n) is 5.41. The van der Waals surface area contributed by atoms with Crippen molar-refractivity contribution in [1.29, 1.82) is 0 Å². The topological polar surface area (TPSA) is 0 Å². The Morgan fingerprint density at radius 2 is 0.429 bits per heavy atom. The molecule has 0 bridgehead atoms. The van der Waals surface area contributed by atoms with Gasteiger partial charge in [-0.15, -0.1) is 0 Å². The van der Waals surface area contributed by atoms with E-state index < -0.39 is 0 Å². The fourth-order valence-corrected chi connectivity index (χ4v) is 4.16. The van der Waals surface area contributed by atoms with Crippen molar-refractivity contribution in [3.63, 3.8) is 0 Å². The van der Waals surface area contributed by atoms with Gasteiger partial charge in [-0.05, 0) is 57.3 Å². The minimum Gasteiger partial charge on any atom is -0.0999 e. The lowest BCUT2D eigenvalue weighted by Crippen LogP contribution is -1.77. The first-order valence-electron chi connectivity index (χ1n) is 16.4. The van der Waals surface area contributed by atoms with Crippen LogP contribution in [-0.2, 0) is 12.8 Å². The van der Waals surface area contributed by atoms with E-state index in [-0.39, 0.29) is 0 Å². The number of benzene rings is 4. The Hall–Kier alpha value is -2.99. The van der Waals surface area contributed by atoms with Crippen molar-refractivity contribution in [2.75, 3.05) is 0 Å². The van der Waals surface area contributed by atoms with Gasteiger partial charge in [-0.3, -0.25) is 0 Å². The fourth-order valence-electron chi connectivity index (χ4n) is 4.16. The van der Waals surface area contributed by atoms with Crippen molar-refractivity contribution < 1.29 is 0 Å². The number of rotatable bonds is 0. The predicted octanol–water partition coefficient (Wildman–Crippen LogP) is 13.1. The number of hydrogen-bond donors (Lipinski definition) is 0. The van der Waals surface area contributed by atoms with Gasteiger partial charge in [0.05, 0.1) is 15.7 Å². The molecule has 0 heterocycles. The SMILES string of the molecule is CC.CC.CC.CC.CC.CC.[B]C.[B]C.c1ccc2c(c1)Cc1ccccc1-2.c1ccc2c(c1)Cc1ccccc1-2. The van der Waals surface area contributed by atoms with Gasteiger partial charge in [-0.1, -0.05) is 194 Å². The molecule has 42 heavy (non-hydrogen) atoms. The lowest BCUT2D eigenvalue weighted by molar-refractivity contribution is 1.26. The molecule has 4 aromatic carbocycles. The van der Waals surface area contributed by atoms with Gasteiger partial charge in [0.1, 0.15) is 0 Å². The van der Waals surface area contributed by atoms with Crippen LogP contribution in [0, 0.1) is 0 Å². The minimum absolute atomic E-state index is 1.10. The first-order valence-corrected chi connectivity index (χ1v) is 16.4. The summed E-state index contributed by atoms with van der Waals surface area (Å²) < 4.78 is 0. The van der Waals surface area contributed by atoms with E-state index in [2.05, 4.69) is 113 Å². The number of fused-ring (bicyclic) bond motifs is 6. The Morgan fingerprint density at radius 1 is 0.286 bits per heavy atom. The standard InChI is InChI=1S/2C13H10.6C2H6.2CH3B/c2*1-3-7-12-10(5-1)9-11-6-2-4-8-13(11)12;8*1-2/h2*1-8H,9H2;6*1-2H3;2*1H3. The molecule has 2 aliphatic rings. The average molecular weight is 565 g/mol. The summed E-state index contributed by atoms with van der Waals surface area (Å²) in [4.78, 5) is 0. The second-order valence-electron chi connectivity index (χ2n) is 6.98. The summed E-state index contributed by atoms with van der Waals surface area (Å²) in [6.45, 7) is 27.0. The highest BCUT2D eigenvalue weighted by Crippen LogP contribution is 2.36. The predicted molar refractivity (Wildman–Crippen MR) is 201 cm³/mol. The molecule has 228 valence electrons. The van der Waals surface area contributed by atoms with E-state index in [0.29, 0.717) is 0 Å². The molecule has 2 aliphatic carbocycles. The third kappa shape index (κ3) is 14.8. The van der Waals surface area contributed by atoms with Crippen molar-refractivity contribution in [3.8, 4) is 22.3 Å². The Kier molecular flexibility index (Phi) is 37.5. The van der Waals surface area contributed by atoms with E-state index in [4.69, 9.17) is 0 Å². The van der Waals surface area contributed by atoms with Crippen LogP contribution >= 0.6 is 0 Å². The highest BCUT2D eigenvalue weighted by molar-refractivity contribution is 6.05.